The molecule has 0 spiro atoms. The zero-order valence-corrected chi connectivity index (χ0v) is 8.94. The Labute approximate surface area is 87.3 Å². The summed E-state index contributed by atoms with van der Waals surface area (Å²) in [6.45, 7) is 4.64. The van der Waals surface area contributed by atoms with E-state index < -0.39 is 5.82 Å². The first kappa shape index (κ1) is 11.3. The lowest BCUT2D eigenvalue weighted by Crippen LogP contribution is -2.05. The summed E-state index contributed by atoms with van der Waals surface area (Å²) < 4.78 is 18.1. The van der Waals surface area contributed by atoms with Crippen LogP contribution < -0.4 is 0 Å². The maximum Gasteiger partial charge on any atom is 0.181 e. The minimum Gasteiger partial charge on any atom is -0.381 e. The van der Waals surface area contributed by atoms with Crippen LogP contribution in [0.5, 0.6) is 0 Å². The number of aryl methyl sites for hydroxylation is 1. The topological polar surface area (TPSA) is 35.0 Å². The maximum absolute atomic E-state index is 13.0. The molecule has 5 heteroatoms. The van der Waals surface area contributed by atoms with Crippen LogP contribution in [0, 0.1) is 12.7 Å². The van der Waals surface area contributed by atoms with Crippen LogP contribution >= 0.6 is 11.6 Å². The molecule has 0 bridgehead atoms. The standard InChI is InChI=1S/C9H12ClFN2O/c1-3-14-5-4-7-12-6(2)8(11)9(10)13-7/h3-5H2,1-2H3. The zero-order chi connectivity index (χ0) is 10.6. The van der Waals surface area contributed by atoms with Crippen molar-refractivity contribution in [3.8, 4) is 0 Å². The van der Waals surface area contributed by atoms with Gasteiger partial charge in [-0.1, -0.05) is 11.6 Å². The van der Waals surface area contributed by atoms with Gasteiger partial charge in [-0.15, -0.1) is 0 Å². The second-order valence-corrected chi connectivity index (χ2v) is 3.13. The second kappa shape index (κ2) is 5.22. The first-order chi connectivity index (χ1) is 6.65. The van der Waals surface area contributed by atoms with Gasteiger partial charge in [0.15, 0.2) is 11.0 Å². The van der Waals surface area contributed by atoms with Crippen molar-refractivity contribution >= 4 is 11.6 Å². The predicted molar refractivity (Wildman–Crippen MR) is 51.9 cm³/mol. The van der Waals surface area contributed by atoms with E-state index in [1.807, 2.05) is 6.92 Å². The van der Waals surface area contributed by atoms with Crippen LogP contribution in [-0.4, -0.2) is 23.2 Å². The van der Waals surface area contributed by atoms with E-state index in [2.05, 4.69) is 9.97 Å². The summed E-state index contributed by atoms with van der Waals surface area (Å²) >= 11 is 5.56. The van der Waals surface area contributed by atoms with Crippen LogP contribution in [0.4, 0.5) is 4.39 Å². The lowest BCUT2D eigenvalue weighted by molar-refractivity contribution is 0.149. The highest BCUT2D eigenvalue weighted by molar-refractivity contribution is 6.29. The molecule has 0 aliphatic carbocycles. The number of ether oxygens (including phenoxy) is 1. The molecule has 0 saturated carbocycles. The van der Waals surface area contributed by atoms with Crippen molar-refractivity contribution in [3.63, 3.8) is 0 Å². The largest absolute Gasteiger partial charge is 0.381 e. The van der Waals surface area contributed by atoms with Crippen molar-refractivity contribution < 1.29 is 9.13 Å². The summed E-state index contributed by atoms with van der Waals surface area (Å²) in [6.07, 6.45) is 0.550. The number of halogens is 2. The van der Waals surface area contributed by atoms with Gasteiger partial charge in [-0.2, -0.15) is 0 Å². The normalized spacial score (nSPS) is 10.6. The Morgan fingerprint density at radius 3 is 2.71 bits per heavy atom. The average molecular weight is 219 g/mol. The van der Waals surface area contributed by atoms with E-state index in [0.717, 1.165) is 0 Å². The quantitative estimate of drug-likeness (QED) is 0.574. The van der Waals surface area contributed by atoms with Gasteiger partial charge in [-0.05, 0) is 13.8 Å². The Balaban J connectivity index is 2.69. The van der Waals surface area contributed by atoms with Gasteiger partial charge in [0, 0.05) is 13.0 Å². The Morgan fingerprint density at radius 2 is 2.14 bits per heavy atom. The van der Waals surface area contributed by atoms with E-state index in [1.165, 1.54) is 0 Å². The molecule has 0 atom stereocenters. The van der Waals surface area contributed by atoms with Gasteiger partial charge in [0.05, 0.1) is 12.3 Å². The number of hydrogen-bond acceptors (Lipinski definition) is 3. The fraction of sp³-hybridized carbons (Fsp3) is 0.556. The maximum atomic E-state index is 13.0. The van der Waals surface area contributed by atoms with E-state index in [4.69, 9.17) is 16.3 Å². The third-order valence-electron chi connectivity index (χ3n) is 1.70. The summed E-state index contributed by atoms with van der Waals surface area (Å²) in [5, 5.41) is -0.121. The molecular formula is C9H12ClFN2O. The molecule has 0 fully saturated rings. The summed E-state index contributed by atoms with van der Waals surface area (Å²) in [5.41, 5.74) is 0.275. The Kier molecular flexibility index (Phi) is 4.22. The zero-order valence-electron chi connectivity index (χ0n) is 8.18. The fourth-order valence-electron chi connectivity index (χ4n) is 0.999. The molecule has 1 rings (SSSR count). The summed E-state index contributed by atoms with van der Waals surface area (Å²) in [7, 11) is 0. The molecule has 0 aromatic carbocycles. The molecule has 0 amide bonds. The van der Waals surface area contributed by atoms with Crippen LogP contribution in [0.25, 0.3) is 0 Å². The molecule has 14 heavy (non-hydrogen) atoms. The van der Waals surface area contributed by atoms with E-state index in [0.29, 0.717) is 25.5 Å². The molecule has 0 saturated heterocycles. The molecule has 0 N–H and O–H groups in total. The lowest BCUT2D eigenvalue weighted by Gasteiger charge is -2.03. The number of nitrogens with zero attached hydrogens (tertiary/aromatic N) is 2. The van der Waals surface area contributed by atoms with Crippen LogP contribution in [0.1, 0.15) is 18.4 Å². The van der Waals surface area contributed by atoms with Gasteiger partial charge < -0.3 is 4.74 Å². The van der Waals surface area contributed by atoms with Gasteiger partial charge in [0.2, 0.25) is 0 Å². The molecular weight excluding hydrogens is 207 g/mol. The Bertz CT molecular complexity index is 297. The van der Waals surface area contributed by atoms with E-state index in [1.54, 1.807) is 6.92 Å². The highest BCUT2D eigenvalue weighted by Gasteiger charge is 2.08. The van der Waals surface area contributed by atoms with Gasteiger partial charge in [-0.3, -0.25) is 0 Å². The summed E-state index contributed by atoms with van der Waals surface area (Å²) in [6, 6.07) is 0. The third kappa shape index (κ3) is 2.89. The predicted octanol–water partition coefficient (Wildman–Crippen LogP) is 2.16. The van der Waals surface area contributed by atoms with Crippen molar-refractivity contribution in [1.82, 2.24) is 9.97 Å². The third-order valence-corrected chi connectivity index (χ3v) is 1.95. The molecule has 0 radical (unpaired) electrons. The van der Waals surface area contributed by atoms with Gasteiger partial charge in [0.1, 0.15) is 5.82 Å². The van der Waals surface area contributed by atoms with E-state index in [-0.39, 0.29) is 10.8 Å². The molecule has 1 heterocycles. The minimum absolute atomic E-state index is 0.121. The molecule has 0 unspecified atom stereocenters. The molecule has 0 aliphatic heterocycles. The van der Waals surface area contributed by atoms with Crippen LogP contribution in [0.15, 0.2) is 0 Å². The monoisotopic (exact) mass is 218 g/mol. The van der Waals surface area contributed by atoms with Crippen LogP contribution in [0.2, 0.25) is 5.15 Å². The first-order valence-electron chi connectivity index (χ1n) is 4.41. The van der Waals surface area contributed by atoms with Crippen molar-refractivity contribution in [2.45, 2.75) is 20.3 Å². The fourth-order valence-corrected chi connectivity index (χ4v) is 1.23. The smallest absolute Gasteiger partial charge is 0.181 e. The van der Waals surface area contributed by atoms with Crippen molar-refractivity contribution in [1.29, 1.82) is 0 Å². The molecule has 78 valence electrons. The van der Waals surface area contributed by atoms with Gasteiger partial charge >= 0.3 is 0 Å². The van der Waals surface area contributed by atoms with Crippen LogP contribution in [0.3, 0.4) is 0 Å². The van der Waals surface area contributed by atoms with E-state index >= 15 is 0 Å². The lowest BCUT2D eigenvalue weighted by atomic mass is 10.3. The molecule has 0 aliphatic rings. The van der Waals surface area contributed by atoms with E-state index in [9.17, 15) is 4.39 Å². The molecule has 3 nitrogen and oxygen atoms in total. The minimum atomic E-state index is -0.549. The van der Waals surface area contributed by atoms with Crippen molar-refractivity contribution in [2.24, 2.45) is 0 Å². The Hall–Kier alpha value is -0.740. The number of hydrogen-bond donors (Lipinski definition) is 0. The second-order valence-electron chi connectivity index (χ2n) is 2.78. The molecule has 1 aromatic heterocycles. The van der Waals surface area contributed by atoms with Crippen molar-refractivity contribution in [2.75, 3.05) is 13.2 Å². The molecule has 1 aromatic rings. The van der Waals surface area contributed by atoms with Crippen molar-refractivity contribution in [3.05, 3.63) is 22.5 Å². The number of rotatable bonds is 4. The Morgan fingerprint density at radius 1 is 1.43 bits per heavy atom. The summed E-state index contributed by atoms with van der Waals surface area (Å²) in [5.74, 6) is -0.0332. The first-order valence-corrected chi connectivity index (χ1v) is 4.79. The highest BCUT2D eigenvalue weighted by Crippen LogP contribution is 2.13. The van der Waals surface area contributed by atoms with Gasteiger partial charge in [0.25, 0.3) is 0 Å². The average Bonchev–Trinajstić information content (AvgIpc) is 2.14. The van der Waals surface area contributed by atoms with Crippen LogP contribution in [-0.2, 0) is 11.2 Å². The SMILES string of the molecule is CCOCCc1nc(C)c(F)c(Cl)n1. The van der Waals surface area contributed by atoms with Gasteiger partial charge in [-0.25, -0.2) is 14.4 Å². The number of aromatic nitrogens is 2. The summed E-state index contributed by atoms with van der Waals surface area (Å²) in [4.78, 5) is 7.76. The highest BCUT2D eigenvalue weighted by atomic mass is 35.5.